The monoisotopic (exact) mass is 993 g/mol. The van der Waals surface area contributed by atoms with E-state index in [1.165, 1.54) is 186 Å². The van der Waals surface area contributed by atoms with Gasteiger partial charge in [-0.1, -0.05) is 274 Å². The summed E-state index contributed by atoms with van der Waals surface area (Å²) in [5.74, 6) is -0.868. The molecule has 0 heterocycles. The molecule has 1 atom stereocenters. The van der Waals surface area contributed by atoms with Crippen LogP contribution in [0.4, 0.5) is 0 Å². The molecule has 0 aliphatic carbocycles. The minimum Gasteiger partial charge on any atom is -0.462 e. The molecule has 0 aliphatic heterocycles. The second kappa shape index (κ2) is 59.7. The average Bonchev–Trinajstić information content (AvgIpc) is 3.37. The molecule has 0 rings (SSSR count). The molecule has 0 spiro atoms. The van der Waals surface area contributed by atoms with Crippen molar-refractivity contribution in [3.05, 3.63) is 60.8 Å². The van der Waals surface area contributed by atoms with Crippen molar-refractivity contribution in [3.8, 4) is 0 Å². The third-order valence-electron chi connectivity index (χ3n) is 13.5. The predicted molar refractivity (Wildman–Crippen MR) is 307 cm³/mol. The molecule has 0 saturated carbocycles. The van der Waals surface area contributed by atoms with E-state index in [2.05, 4.69) is 81.5 Å². The van der Waals surface area contributed by atoms with Crippen LogP contribution in [-0.2, 0) is 28.6 Å². The Hall–Kier alpha value is -2.89. The molecule has 0 aliphatic rings. The third kappa shape index (κ3) is 57.9. The topological polar surface area (TPSA) is 78.9 Å². The van der Waals surface area contributed by atoms with E-state index in [1.807, 2.05) is 0 Å². The van der Waals surface area contributed by atoms with Crippen LogP contribution in [0, 0.1) is 0 Å². The second-order valence-corrected chi connectivity index (χ2v) is 20.6. The fourth-order valence-electron chi connectivity index (χ4n) is 8.90. The summed E-state index contributed by atoms with van der Waals surface area (Å²) < 4.78 is 16.9. The van der Waals surface area contributed by atoms with Crippen LogP contribution in [0.5, 0.6) is 0 Å². The van der Waals surface area contributed by atoms with Gasteiger partial charge in [-0.2, -0.15) is 0 Å². The van der Waals surface area contributed by atoms with Crippen LogP contribution in [-0.4, -0.2) is 37.2 Å². The van der Waals surface area contributed by atoms with Gasteiger partial charge in [0.05, 0.1) is 0 Å². The largest absolute Gasteiger partial charge is 0.462 e. The summed E-state index contributed by atoms with van der Waals surface area (Å²) in [5.41, 5.74) is 0. The van der Waals surface area contributed by atoms with Gasteiger partial charge in [-0.25, -0.2) is 0 Å². The van der Waals surface area contributed by atoms with Crippen molar-refractivity contribution in [1.82, 2.24) is 0 Å². The first-order chi connectivity index (χ1) is 35.0. The Labute approximate surface area is 440 Å². The van der Waals surface area contributed by atoms with Gasteiger partial charge < -0.3 is 14.2 Å². The van der Waals surface area contributed by atoms with E-state index in [1.54, 1.807) is 0 Å². The maximum absolute atomic E-state index is 12.8. The molecule has 0 radical (unpaired) electrons. The number of carbonyl (C=O) groups excluding carboxylic acids is 3. The van der Waals surface area contributed by atoms with Crippen molar-refractivity contribution < 1.29 is 28.6 Å². The van der Waals surface area contributed by atoms with Crippen LogP contribution in [0.1, 0.15) is 316 Å². The molecule has 1 unspecified atom stereocenters. The van der Waals surface area contributed by atoms with E-state index >= 15 is 0 Å². The summed E-state index contributed by atoms with van der Waals surface area (Å²) in [7, 11) is 0. The van der Waals surface area contributed by atoms with E-state index in [0.717, 1.165) is 89.9 Å². The minimum atomic E-state index is -0.774. The highest BCUT2D eigenvalue weighted by molar-refractivity contribution is 5.71. The van der Waals surface area contributed by atoms with E-state index < -0.39 is 6.10 Å². The van der Waals surface area contributed by atoms with Crippen LogP contribution >= 0.6 is 0 Å². The average molecular weight is 994 g/mol. The van der Waals surface area contributed by atoms with Gasteiger partial charge in [0.25, 0.3) is 0 Å². The number of esters is 3. The number of hydrogen-bond acceptors (Lipinski definition) is 6. The standard InChI is InChI=1S/C65H116O6/c1-4-7-10-13-16-19-22-25-26-27-28-29-30-31-32-33-34-35-36-37-38-39-40-41-44-46-49-52-55-58-64(67)70-61-62(71-65(68)59-56-53-50-47-43-24-21-18-15-12-9-6-3)60-69-63(66)57-54-51-48-45-42-23-20-17-14-11-8-5-2/h7,10,16,18-19,21,25-26,28-29,62H,4-6,8-9,11-15,17,20,22-24,27,30-61H2,1-3H3/b10-7-,19-16-,21-18-,26-25-,29-28-. The maximum Gasteiger partial charge on any atom is 0.306 e. The van der Waals surface area contributed by atoms with E-state index in [0.29, 0.717) is 19.3 Å². The lowest BCUT2D eigenvalue weighted by molar-refractivity contribution is -0.167. The first kappa shape index (κ1) is 68.1. The highest BCUT2D eigenvalue weighted by Crippen LogP contribution is 2.17. The number of hydrogen-bond donors (Lipinski definition) is 0. The Bertz CT molecular complexity index is 1280. The fraction of sp³-hybridized carbons (Fsp3) is 0.800. The van der Waals surface area contributed by atoms with Crippen LogP contribution in [0.25, 0.3) is 0 Å². The van der Waals surface area contributed by atoms with Gasteiger partial charge in [-0.3, -0.25) is 14.4 Å². The molecule has 6 heteroatoms. The number of carbonyl (C=O) groups is 3. The summed E-state index contributed by atoms with van der Waals surface area (Å²) >= 11 is 0. The zero-order valence-corrected chi connectivity index (χ0v) is 47.2. The first-order valence-corrected chi connectivity index (χ1v) is 30.8. The van der Waals surface area contributed by atoms with Crippen molar-refractivity contribution in [2.24, 2.45) is 0 Å². The van der Waals surface area contributed by atoms with Crippen molar-refractivity contribution in [2.75, 3.05) is 13.2 Å². The normalized spacial score (nSPS) is 12.4. The third-order valence-corrected chi connectivity index (χ3v) is 13.5. The molecule has 0 saturated heterocycles. The van der Waals surface area contributed by atoms with E-state index in [4.69, 9.17) is 14.2 Å². The molecule has 0 N–H and O–H groups in total. The summed E-state index contributed by atoms with van der Waals surface area (Å²) in [4.78, 5) is 38.1. The van der Waals surface area contributed by atoms with Gasteiger partial charge in [-0.15, -0.1) is 0 Å². The zero-order chi connectivity index (χ0) is 51.4. The Balaban J connectivity index is 4.13. The molecule has 71 heavy (non-hydrogen) atoms. The van der Waals surface area contributed by atoms with Crippen LogP contribution in [0.2, 0.25) is 0 Å². The first-order valence-electron chi connectivity index (χ1n) is 30.8. The smallest absolute Gasteiger partial charge is 0.306 e. The number of allylic oxidation sites excluding steroid dienone is 10. The van der Waals surface area contributed by atoms with Crippen LogP contribution in [0.15, 0.2) is 60.8 Å². The molecule has 0 amide bonds. The summed E-state index contributed by atoms with van der Waals surface area (Å²) in [5, 5.41) is 0. The minimum absolute atomic E-state index is 0.0727. The molecule has 0 bridgehead atoms. The molecular weight excluding hydrogens is 877 g/mol. The lowest BCUT2D eigenvalue weighted by Gasteiger charge is -2.18. The van der Waals surface area contributed by atoms with Crippen molar-refractivity contribution in [1.29, 1.82) is 0 Å². The highest BCUT2D eigenvalue weighted by atomic mass is 16.6. The maximum atomic E-state index is 12.8. The molecule has 412 valence electrons. The van der Waals surface area contributed by atoms with Gasteiger partial charge in [-0.05, 0) is 83.5 Å². The van der Waals surface area contributed by atoms with E-state index in [9.17, 15) is 14.4 Å². The lowest BCUT2D eigenvalue weighted by atomic mass is 10.0. The van der Waals surface area contributed by atoms with Gasteiger partial charge in [0.1, 0.15) is 13.2 Å². The van der Waals surface area contributed by atoms with Crippen LogP contribution < -0.4 is 0 Å². The zero-order valence-electron chi connectivity index (χ0n) is 47.2. The SMILES string of the molecule is CC/C=C\C/C=C\C/C=C\C/C=C\CCCCCCCCCCCCCCCCCCC(=O)OCC(COC(=O)CCCCCCCCCCCCCC)OC(=O)CCCCCCC/C=C\CCCCC. The quantitative estimate of drug-likeness (QED) is 0.0261. The molecule has 0 aromatic rings. The second-order valence-electron chi connectivity index (χ2n) is 20.6. The van der Waals surface area contributed by atoms with Crippen LogP contribution in [0.3, 0.4) is 0 Å². The van der Waals surface area contributed by atoms with Gasteiger partial charge in [0.2, 0.25) is 0 Å². The van der Waals surface area contributed by atoms with Gasteiger partial charge >= 0.3 is 17.9 Å². The fourth-order valence-corrected chi connectivity index (χ4v) is 8.90. The number of ether oxygens (including phenoxy) is 3. The van der Waals surface area contributed by atoms with Crippen molar-refractivity contribution in [2.45, 2.75) is 322 Å². The summed E-state index contributed by atoms with van der Waals surface area (Å²) in [6.45, 7) is 6.52. The summed E-state index contributed by atoms with van der Waals surface area (Å²) in [6, 6.07) is 0. The van der Waals surface area contributed by atoms with Gasteiger partial charge in [0.15, 0.2) is 6.10 Å². The van der Waals surface area contributed by atoms with Crippen molar-refractivity contribution in [3.63, 3.8) is 0 Å². The highest BCUT2D eigenvalue weighted by Gasteiger charge is 2.19. The molecule has 0 aromatic heterocycles. The van der Waals surface area contributed by atoms with E-state index in [-0.39, 0.29) is 31.1 Å². The Kier molecular flexibility index (Phi) is 57.2. The number of rotatable bonds is 56. The lowest BCUT2D eigenvalue weighted by Crippen LogP contribution is -2.30. The summed E-state index contributed by atoms with van der Waals surface area (Å²) in [6.07, 6.45) is 75.2. The number of unbranched alkanes of at least 4 members (excludes halogenated alkanes) is 35. The Morgan fingerprint density at radius 2 is 0.549 bits per heavy atom. The molecule has 0 fully saturated rings. The molecular formula is C65H116O6. The van der Waals surface area contributed by atoms with Gasteiger partial charge in [0, 0.05) is 19.3 Å². The molecule has 6 nitrogen and oxygen atoms in total. The predicted octanol–water partition coefficient (Wildman–Crippen LogP) is 20.8. The Morgan fingerprint density at radius 1 is 0.296 bits per heavy atom. The Morgan fingerprint density at radius 3 is 0.901 bits per heavy atom. The van der Waals surface area contributed by atoms with Crippen molar-refractivity contribution >= 4 is 17.9 Å². The molecule has 0 aromatic carbocycles.